The Labute approximate surface area is 172 Å². The molecule has 0 heterocycles. The number of para-hydroxylation sites is 1. The van der Waals surface area contributed by atoms with Crippen LogP contribution in [0.15, 0.2) is 66.7 Å². The van der Waals surface area contributed by atoms with Crippen molar-refractivity contribution in [2.75, 3.05) is 7.11 Å². The summed E-state index contributed by atoms with van der Waals surface area (Å²) in [6.45, 7) is 6.44. The summed E-state index contributed by atoms with van der Waals surface area (Å²) in [5.74, 6) is 1.64. The molecule has 0 spiro atoms. The van der Waals surface area contributed by atoms with Crippen LogP contribution in [0.2, 0.25) is 0 Å². The van der Waals surface area contributed by atoms with Crippen LogP contribution < -0.4 is 9.47 Å². The maximum Gasteiger partial charge on any atom is 0.185 e. The summed E-state index contributed by atoms with van der Waals surface area (Å²) < 4.78 is 11.6. The lowest BCUT2D eigenvalue weighted by Gasteiger charge is -2.14. The molecule has 0 saturated heterocycles. The number of carbonyl (C=O) groups is 1. The number of hydrogen-bond acceptors (Lipinski definition) is 3. The number of ether oxygens (including phenoxy) is 2. The first-order valence-electron chi connectivity index (χ1n) is 9.63. The van der Waals surface area contributed by atoms with Gasteiger partial charge in [-0.15, -0.1) is 0 Å². The number of allylic oxidation sites excluding steroid dienone is 1. The lowest BCUT2D eigenvalue weighted by Crippen LogP contribution is -2.01. The van der Waals surface area contributed by atoms with E-state index < -0.39 is 0 Å². The minimum atomic E-state index is -0.0159. The molecule has 0 aromatic heterocycles. The highest BCUT2D eigenvalue weighted by molar-refractivity contribution is 6.06. The van der Waals surface area contributed by atoms with Gasteiger partial charge >= 0.3 is 0 Å². The fourth-order valence-corrected chi connectivity index (χ4v) is 3.26. The van der Waals surface area contributed by atoms with E-state index in [0.29, 0.717) is 12.2 Å². The molecule has 3 nitrogen and oxygen atoms in total. The van der Waals surface area contributed by atoms with E-state index >= 15 is 0 Å². The zero-order valence-corrected chi connectivity index (χ0v) is 17.4. The molecule has 148 valence electrons. The zero-order valence-electron chi connectivity index (χ0n) is 17.4. The molecule has 0 aliphatic heterocycles. The van der Waals surface area contributed by atoms with Crippen molar-refractivity contribution in [3.63, 3.8) is 0 Å². The van der Waals surface area contributed by atoms with Crippen molar-refractivity contribution in [3.8, 4) is 11.5 Å². The average molecular weight is 386 g/mol. The normalized spacial score (nSPS) is 10.9. The quantitative estimate of drug-likeness (QED) is 0.364. The monoisotopic (exact) mass is 386 g/mol. The SMILES string of the molecule is COc1ccc(/C=C/C(=O)c2cccc(C)c2)cc1COc1c(C)cccc1C. The molecule has 3 aromatic rings. The van der Waals surface area contributed by atoms with E-state index in [2.05, 4.69) is 0 Å². The largest absolute Gasteiger partial charge is 0.496 e. The average Bonchev–Trinajstić information content (AvgIpc) is 2.71. The van der Waals surface area contributed by atoms with Gasteiger partial charge in [0, 0.05) is 11.1 Å². The van der Waals surface area contributed by atoms with Crippen LogP contribution in [0.1, 0.15) is 38.2 Å². The number of hydrogen-bond donors (Lipinski definition) is 0. The first-order chi connectivity index (χ1) is 14.0. The summed E-state index contributed by atoms with van der Waals surface area (Å²) in [6, 6.07) is 19.5. The summed E-state index contributed by atoms with van der Waals surface area (Å²) >= 11 is 0. The highest BCUT2D eigenvalue weighted by Gasteiger charge is 2.08. The van der Waals surface area contributed by atoms with E-state index in [1.54, 1.807) is 13.2 Å². The van der Waals surface area contributed by atoms with Gasteiger partial charge in [0.15, 0.2) is 5.78 Å². The van der Waals surface area contributed by atoms with Crippen molar-refractivity contribution >= 4 is 11.9 Å². The Hall–Kier alpha value is -3.33. The van der Waals surface area contributed by atoms with Crippen molar-refractivity contribution in [1.29, 1.82) is 0 Å². The Balaban J connectivity index is 1.79. The van der Waals surface area contributed by atoms with Crippen LogP contribution in [0.3, 0.4) is 0 Å². The predicted octanol–water partition coefficient (Wildman–Crippen LogP) is 6.10. The van der Waals surface area contributed by atoms with E-state index in [4.69, 9.17) is 9.47 Å². The number of rotatable bonds is 7. The van der Waals surface area contributed by atoms with Gasteiger partial charge in [0.1, 0.15) is 18.1 Å². The molecule has 0 amide bonds. The van der Waals surface area contributed by atoms with Gasteiger partial charge in [-0.05, 0) is 61.7 Å². The third kappa shape index (κ3) is 5.14. The van der Waals surface area contributed by atoms with Crippen molar-refractivity contribution < 1.29 is 14.3 Å². The molecule has 29 heavy (non-hydrogen) atoms. The van der Waals surface area contributed by atoms with Gasteiger partial charge in [-0.1, -0.05) is 54.1 Å². The lowest BCUT2D eigenvalue weighted by molar-refractivity contribution is 0.104. The number of ketones is 1. The van der Waals surface area contributed by atoms with Crippen molar-refractivity contribution in [3.05, 3.63) is 100 Å². The van der Waals surface area contributed by atoms with Crippen LogP contribution >= 0.6 is 0 Å². The zero-order chi connectivity index (χ0) is 20.8. The molecular weight excluding hydrogens is 360 g/mol. The summed E-state index contributed by atoms with van der Waals surface area (Å²) in [7, 11) is 1.65. The molecule has 0 bridgehead atoms. The number of benzene rings is 3. The predicted molar refractivity (Wildman–Crippen MR) is 118 cm³/mol. The molecule has 3 rings (SSSR count). The number of methoxy groups -OCH3 is 1. The van der Waals surface area contributed by atoms with E-state index in [0.717, 1.165) is 39.3 Å². The minimum Gasteiger partial charge on any atom is -0.496 e. The summed E-state index contributed by atoms with van der Waals surface area (Å²) in [4.78, 5) is 12.4. The molecular formula is C26H26O3. The smallest absolute Gasteiger partial charge is 0.185 e. The molecule has 0 saturated carbocycles. The first kappa shape index (κ1) is 20.4. The Kier molecular flexibility index (Phi) is 6.50. The van der Waals surface area contributed by atoms with Gasteiger partial charge in [0.05, 0.1) is 7.11 Å². The summed E-state index contributed by atoms with van der Waals surface area (Å²) in [6.07, 6.45) is 3.43. The van der Waals surface area contributed by atoms with Gasteiger partial charge < -0.3 is 9.47 Å². The van der Waals surface area contributed by atoms with Crippen LogP contribution in [0.4, 0.5) is 0 Å². The van der Waals surface area contributed by atoms with E-state index in [1.807, 2.05) is 87.5 Å². The Morgan fingerprint density at radius 2 is 1.66 bits per heavy atom. The molecule has 0 radical (unpaired) electrons. The number of carbonyl (C=O) groups excluding carboxylic acids is 1. The molecule has 0 atom stereocenters. The number of aryl methyl sites for hydroxylation is 3. The Morgan fingerprint density at radius 3 is 2.34 bits per heavy atom. The first-order valence-corrected chi connectivity index (χ1v) is 9.63. The molecule has 0 aliphatic rings. The second-order valence-electron chi connectivity index (χ2n) is 7.15. The highest BCUT2D eigenvalue weighted by Crippen LogP contribution is 2.27. The van der Waals surface area contributed by atoms with Gasteiger partial charge in [-0.2, -0.15) is 0 Å². The van der Waals surface area contributed by atoms with Crippen molar-refractivity contribution in [1.82, 2.24) is 0 Å². The lowest BCUT2D eigenvalue weighted by atomic mass is 10.1. The van der Waals surface area contributed by atoms with E-state index in [-0.39, 0.29) is 5.78 Å². The van der Waals surface area contributed by atoms with E-state index in [1.165, 1.54) is 0 Å². The third-order valence-electron chi connectivity index (χ3n) is 4.81. The molecule has 0 fully saturated rings. The minimum absolute atomic E-state index is 0.0159. The van der Waals surface area contributed by atoms with Crippen LogP contribution in [-0.4, -0.2) is 12.9 Å². The van der Waals surface area contributed by atoms with Gasteiger partial charge in [-0.3, -0.25) is 4.79 Å². The van der Waals surface area contributed by atoms with E-state index in [9.17, 15) is 4.79 Å². The molecule has 0 unspecified atom stereocenters. The topological polar surface area (TPSA) is 35.5 Å². The standard InChI is InChI=1S/C26H26O3/c1-18-7-5-10-22(15-18)24(27)13-11-21-12-14-25(28-4)23(16-21)17-29-26-19(2)8-6-9-20(26)3/h5-16H,17H2,1-4H3/b13-11+. The van der Waals surface area contributed by atoms with Gasteiger partial charge in [-0.25, -0.2) is 0 Å². The fourth-order valence-electron chi connectivity index (χ4n) is 3.26. The van der Waals surface area contributed by atoms with Crippen LogP contribution in [-0.2, 0) is 6.61 Å². The van der Waals surface area contributed by atoms with Gasteiger partial charge in [0.2, 0.25) is 0 Å². The maximum absolute atomic E-state index is 12.4. The second kappa shape index (κ2) is 9.24. The van der Waals surface area contributed by atoms with Crippen LogP contribution in [0, 0.1) is 20.8 Å². The Morgan fingerprint density at radius 1 is 0.931 bits per heavy atom. The molecule has 3 aromatic carbocycles. The highest BCUT2D eigenvalue weighted by atomic mass is 16.5. The molecule has 3 heteroatoms. The Bertz CT molecular complexity index is 1030. The molecule has 0 aliphatic carbocycles. The van der Waals surface area contributed by atoms with Crippen LogP contribution in [0.25, 0.3) is 6.08 Å². The van der Waals surface area contributed by atoms with Crippen molar-refractivity contribution in [2.45, 2.75) is 27.4 Å². The third-order valence-corrected chi connectivity index (χ3v) is 4.81. The second-order valence-corrected chi connectivity index (χ2v) is 7.15. The summed E-state index contributed by atoms with van der Waals surface area (Å²) in [5, 5.41) is 0. The molecule has 0 N–H and O–H groups in total. The van der Waals surface area contributed by atoms with Crippen molar-refractivity contribution in [2.24, 2.45) is 0 Å². The van der Waals surface area contributed by atoms with Crippen LogP contribution in [0.5, 0.6) is 11.5 Å². The maximum atomic E-state index is 12.4. The van der Waals surface area contributed by atoms with Gasteiger partial charge in [0.25, 0.3) is 0 Å². The summed E-state index contributed by atoms with van der Waals surface area (Å²) in [5.41, 5.74) is 5.81. The fraction of sp³-hybridized carbons (Fsp3) is 0.192.